The fourth-order valence-electron chi connectivity index (χ4n) is 7.88. The zero-order chi connectivity index (χ0) is 24.0. The summed E-state index contributed by atoms with van der Waals surface area (Å²) >= 11 is 0. The average molecular weight is 486 g/mol. The van der Waals surface area contributed by atoms with Crippen molar-refractivity contribution in [1.82, 2.24) is 5.32 Å². The van der Waals surface area contributed by atoms with Crippen molar-refractivity contribution in [3.8, 4) is 0 Å². The van der Waals surface area contributed by atoms with Crippen molar-refractivity contribution in [3.05, 3.63) is 0 Å². The second-order valence-corrected chi connectivity index (χ2v) is 10.4. The molecule has 0 bridgehead atoms. The van der Waals surface area contributed by atoms with Crippen molar-refractivity contribution in [2.75, 3.05) is 41.4 Å². The minimum Gasteiger partial charge on any atom is -0.465 e. The molecule has 9 nitrogen and oxygen atoms in total. The summed E-state index contributed by atoms with van der Waals surface area (Å²) in [5.41, 5.74) is 0. The summed E-state index contributed by atoms with van der Waals surface area (Å²) in [5, 5.41) is 2.91. The number of halogens is 1. The van der Waals surface area contributed by atoms with Crippen LogP contribution in [0.5, 0.6) is 0 Å². The van der Waals surface area contributed by atoms with Crippen molar-refractivity contribution in [2.45, 2.75) is 62.2 Å². The lowest BCUT2D eigenvalue weighted by atomic mass is 9.51. The van der Waals surface area contributed by atoms with E-state index in [0.29, 0.717) is 6.42 Å². The highest BCUT2D eigenvalue weighted by atomic mass is 19.1. The molecule has 0 aromatic rings. The number of esters is 1. The molecule has 34 heavy (non-hydrogen) atoms. The molecule has 6 unspecified atom stereocenters. The van der Waals surface area contributed by atoms with Gasteiger partial charge < -0.3 is 33.7 Å². The second kappa shape index (κ2) is 9.97. The summed E-state index contributed by atoms with van der Waals surface area (Å²) in [6.45, 7) is -0.589. The van der Waals surface area contributed by atoms with Crippen LogP contribution < -0.4 is 5.32 Å². The van der Waals surface area contributed by atoms with E-state index in [1.54, 1.807) is 21.3 Å². The molecule has 0 spiro atoms. The molecular weight excluding hydrogens is 449 g/mol. The highest BCUT2D eigenvalue weighted by Gasteiger charge is 2.62. The number of ether oxygens (including phenoxy) is 6. The molecule has 5 aliphatic rings. The molecule has 0 aromatic carbocycles. The zero-order valence-corrected chi connectivity index (χ0v) is 20.0. The first-order chi connectivity index (χ1) is 16.5. The summed E-state index contributed by atoms with van der Waals surface area (Å²) in [4.78, 5) is 25.3. The minimum atomic E-state index is -1.08. The van der Waals surface area contributed by atoms with Gasteiger partial charge in [0, 0.05) is 33.3 Å². The maximum absolute atomic E-state index is 13.2. The minimum absolute atomic E-state index is 0.0155. The standard InChI is InChI=1S/C24H36FNO8/c1-29-17-4-11(5-18(30-2)23(17)31-3)20-12-6-15-16(34-10-33-15)7-13(12)22(26-19(27)8-25)14-9-32-24(28)21(14)20/h11-18,20-23H,4-10H2,1-3H3,(H,26,27)/t11?,12?,13?,14-,15?,16?,17?,18?,20+,21-,22+,23?/m0/s1. The Kier molecular flexibility index (Phi) is 7.14. The number of amides is 1. The first-order valence-corrected chi connectivity index (χ1v) is 12.3. The van der Waals surface area contributed by atoms with E-state index in [9.17, 15) is 14.0 Å². The molecule has 192 valence electrons. The first kappa shape index (κ1) is 24.4. The van der Waals surface area contributed by atoms with Gasteiger partial charge in [0.25, 0.3) is 5.91 Å². The van der Waals surface area contributed by atoms with Gasteiger partial charge in [-0.15, -0.1) is 0 Å². The number of cyclic esters (lactones) is 1. The number of methoxy groups -OCH3 is 3. The number of carbonyl (C=O) groups excluding carboxylic acids is 2. The second-order valence-electron chi connectivity index (χ2n) is 10.4. The largest absolute Gasteiger partial charge is 0.465 e. The van der Waals surface area contributed by atoms with Gasteiger partial charge in [0.15, 0.2) is 6.67 Å². The van der Waals surface area contributed by atoms with Crippen molar-refractivity contribution in [3.63, 3.8) is 0 Å². The van der Waals surface area contributed by atoms with Gasteiger partial charge in [0.05, 0.1) is 36.9 Å². The predicted octanol–water partition coefficient (Wildman–Crippen LogP) is 1.08. The van der Waals surface area contributed by atoms with Crippen LogP contribution in [0.1, 0.15) is 25.7 Å². The van der Waals surface area contributed by atoms with Gasteiger partial charge >= 0.3 is 5.97 Å². The number of rotatable bonds is 6. The third-order valence-corrected chi connectivity index (χ3v) is 9.19. The molecule has 1 amide bonds. The lowest BCUT2D eigenvalue weighted by Crippen LogP contribution is -2.62. The van der Waals surface area contributed by atoms with E-state index in [0.717, 1.165) is 19.3 Å². The van der Waals surface area contributed by atoms with Gasteiger partial charge in [-0.05, 0) is 49.4 Å². The molecule has 0 radical (unpaired) electrons. The van der Waals surface area contributed by atoms with Crippen LogP contribution in [-0.2, 0) is 38.0 Å². The fraction of sp³-hybridized carbons (Fsp3) is 0.917. The Hall–Kier alpha value is -1.33. The molecule has 10 atom stereocenters. The normalized spacial score (nSPS) is 47.9. The molecule has 1 N–H and O–H groups in total. The fourth-order valence-corrected chi connectivity index (χ4v) is 7.88. The van der Waals surface area contributed by atoms with E-state index in [-0.39, 0.29) is 91.4 Å². The number of hydrogen-bond donors (Lipinski definition) is 1. The monoisotopic (exact) mass is 485 g/mol. The van der Waals surface area contributed by atoms with Crippen LogP contribution in [0.15, 0.2) is 0 Å². The van der Waals surface area contributed by atoms with Gasteiger partial charge in [-0.3, -0.25) is 9.59 Å². The Bertz CT molecular complexity index is 755. The van der Waals surface area contributed by atoms with Gasteiger partial charge in [0.2, 0.25) is 0 Å². The van der Waals surface area contributed by atoms with Crippen LogP contribution in [0.4, 0.5) is 4.39 Å². The molecule has 2 aliphatic heterocycles. The van der Waals surface area contributed by atoms with E-state index < -0.39 is 12.6 Å². The number of nitrogens with one attached hydrogen (secondary N) is 1. The first-order valence-electron chi connectivity index (χ1n) is 12.3. The number of fused-ring (bicyclic) bond motifs is 3. The number of carbonyl (C=O) groups is 2. The maximum Gasteiger partial charge on any atom is 0.309 e. The van der Waals surface area contributed by atoms with Crippen molar-refractivity contribution >= 4 is 11.9 Å². The van der Waals surface area contributed by atoms with E-state index in [1.165, 1.54) is 0 Å². The van der Waals surface area contributed by atoms with Gasteiger partial charge in [0.1, 0.15) is 12.9 Å². The van der Waals surface area contributed by atoms with E-state index in [4.69, 9.17) is 28.4 Å². The van der Waals surface area contributed by atoms with Crippen LogP contribution in [0.3, 0.4) is 0 Å². The smallest absolute Gasteiger partial charge is 0.309 e. The van der Waals surface area contributed by atoms with E-state index >= 15 is 0 Å². The Morgan fingerprint density at radius 1 is 0.971 bits per heavy atom. The third-order valence-electron chi connectivity index (χ3n) is 9.19. The molecule has 10 heteroatoms. The van der Waals surface area contributed by atoms with Crippen LogP contribution in [-0.4, -0.2) is 89.8 Å². The Labute approximate surface area is 199 Å². The third kappa shape index (κ3) is 4.05. The molecule has 2 saturated heterocycles. The summed E-state index contributed by atoms with van der Waals surface area (Å²) in [6, 6.07) is -0.335. The van der Waals surface area contributed by atoms with E-state index in [1.807, 2.05) is 0 Å². The summed E-state index contributed by atoms with van der Waals surface area (Å²) in [6.07, 6.45) is 2.33. The van der Waals surface area contributed by atoms with E-state index in [2.05, 4.69) is 5.32 Å². The molecule has 2 heterocycles. The topological polar surface area (TPSA) is 102 Å². The van der Waals surface area contributed by atoms with Gasteiger partial charge in [-0.2, -0.15) is 0 Å². The van der Waals surface area contributed by atoms with Crippen LogP contribution in [0, 0.1) is 35.5 Å². The lowest BCUT2D eigenvalue weighted by Gasteiger charge is -2.55. The average Bonchev–Trinajstić information content (AvgIpc) is 3.48. The summed E-state index contributed by atoms with van der Waals surface area (Å²) < 4.78 is 47.9. The highest BCUT2D eigenvalue weighted by Crippen LogP contribution is 2.57. The van der Waals surface area contributed by atoms with Gasteiger partial charge in [-0.1, -0.05) is 0 Å². The van der Waals surface area contributed by atoms with Crippen molar-refractivity contribution in [1.29, 1.82) is 0 Å². The molecule has 5 fully saturated rings. The quantitative estimate of drug-likeness (QED) is 0.558. The predicted molar refractivity (Wildman–Crippen MR) is 115 cm³/mol. The maximum atomic E-state index is 13.2. The van der Waals surface area contributed by atoms with Crippen LogP contribution >= 0.6 is 0 Å². The zero-order valence-electron chi connectivity index (χ0n) is 20.0. The van der Waals surface area contributed by atoms with Crippen LogP contribution in [0.25, 0.3) is 0 Å². The van der Waals surface area contributed by atoms with Crippen LogP contribution in [0.2, 0.25) is 0 Å². The highest BCUT2D eigenvalue weighted by molar-refractivity contribution is 5.79. The Morgan fingerprint density at radius 3 is 2.21 bits per heavy atom. The molecular formula is C24H36FNO8. The van der Waals surface area contributed by atoms with Gasteiger partial charge in [-0.25, -0.2) is 4.39 Å². The van der Waals surface area contributed by atoms with Crippen molar-refractivity contribution in [2.24, 2.45) is 35.5 Å². The Morgan fingerprint density at radius 2 is 1.62 bits per heavy atom. The number of hydrogen-bond acceptors (Lipinski definition) is 8. The lowest BCUT2D eigenvalue weighted by molar-refractivity contribution is -0.168. The Balaban J connectivity index is 1.50. The van der Waals surface area contributed by atoms with Crippen molar-refractivity contribution < 1.29 is 42.4 Å². The molecule has 5 rings (SSSR count). The summed E-state index contributed by atoms with van der Waals surface area (Å²) in [7, 11) is 5.03. The molecule has 3 saturated carbocycles. The molecule has 3 aliphatic carbocycles. The SMILES string of the molecule is COC1CC([C@@H]2C3CC4OCOC4CC3[C@@H](NC(=O)CF)[C@H]3COC(=O)[C@H]23)CC(OC)C1OC. The summed E-state index contributed by atoms with van der Waals surface area (Å²) in [5.74, 6) is -1.15. The number of alkyl halides is 1. The molecule has 0 aromatic heterocycles.